The highest BCUT2D eigenvalue weighted by Crippen LogP contribution is 2.22. The molecule has 2 aliphatic rings. The van der Waals surface area contributed by atoms with Gasteiger partial charge in [0, 0.05) is 19.2 Å². The van der Waals surface area contributed by atoms with Gasteiger partial charge in [0.2, 0.25) is 0 Å². The molecule has 0 spiro atoms. The fraction of sp³-hybridized carbons (Fsp3) is 1.00. The molecule has 82 valence electrons. The molecule has 0 bridgehead atoms. The number of alkyl halides is 1. The van der Waals surface area contributed by atoms with E-state index in [-0.39, 0.29) is 6.04 Å². The molecule has 2 rings (SSSR count). The number of halogens is 1. The quantitative estimate of drug-likeness (QED) is 0.753. The predicted octanol–water partition coefficient (Wildman–Crippen LogP) is 1.89. The molecule has 0 aromatic rings. The lowest BCUT2D eigenvalue weighted by Gasteiger charge is -2.24. The van der Waals surface area contributed by atoms with Crippen molar-refractivity contribution in [2.24, 2.45) is 5.92 Å². The zero-order chi connectivity index (χ0) is 9.80. The third kappa shape index (κ3) is 2.67. The van der Waals surface area contributed by atoms with Crippen LogP contribution >= 0.6 is 0 Å². The standard InChI is InChI=1S/C11H20FNO/c12-10-4-1-5-11(10)13-7-9-3-2-6-14-8-9/h9-11,13H,1-8H2/t9?,10-,11+/m1/s1. The van der Waals surface area contributed by atoms with E-state index < -0.39 is 6.17 Å². The average Bonchev–Trinajstić information content (AvgIpc) is 2.63. The number of ether oxygens (including phenoxy) is 1. The number of hydrogen-bond donors (Lipinski definition) is 1. The monoisotopic (exact) mass is 201 g/mol. The summed E-state index contributed by atoms with van der Waals surface area (Å²) < 4.78 is 18.6. The van der Waals surface area contributed by atoms with Gasteiger partial charge in [0.1, 0.15) is 6.17 Å². The molecule has 3 heteroatoms. The maximum Gasteiger partial charge on any atom is 0.115 e. The van der Waals surface area contributed by atoms with Crippen LogP contribution in [0.4, 0.5) is 4.39 Å². The lowest BCUT2D eigenvalue weighted by atomic mass is 10.0. The Balaban J connectivity index is 1.65. The highest BCUT2D eigenvalue weighted by Gasteiger charge is 2.27. The van der Waals surface area contributed by atoms with Gasteiger partial charge in [-0.25, -0.2) is 4.39 Å². The van der Waals surface area contributed by atoms with Gasteiger partial charge in [-0.3, -0.25) is 0 Å². The van der Waals surface area contributed by atoms with Crippen molar-refractivity contribution in [3.05, 3.63) is 0 Å². The van der Waals surface area contributed by atoms with Crippen LogP contribution in [-0.2, 0) is 4.74 Å². The fourth-order valence-electron chi connectivity index (χ4n) is 2.43. The van der Waals surface area contributed by atoms with Crippen molar-refractivity contribution in [1.82, 2.24) is 5.32 Å². The maximum absolute atomic E-state index is 13.2. The summed E-state index contributed by atoms with van der Waals surface area (Å²) in [7, 11) is 0. The first kappa shape index (κ1) is 10.4. The van der Waals surface area contributed by atoms with Crippen LogP contribution in [0.15, 0.2) is 0 Å². The van der Waals surface area contributed by atoms with Gasteiger partial charge in [-0.15, -0.1) is 0 Å². The highest BCUT2D eigenvalue weighted by atomic mass is 19.1. The Morgan fingerprint density at radius 3 is 2.79 bits per heavy atom. The molecule has 1 saturated carbocycles. The lowest BCUT2D eigenvalue weighted by molar-refractivity contribution is 0.0528. The van der Waals surface area contributed by atoms with E-state index in [2.05, 4.69) is 5.32 Å². The van der Waals surface area contributed by atoms with Crippen LogP contribution in [0.3, 0.4) is 0 Å². The molecule has 1 unspecified atom stereocenters. The SMILES string of the molecule is F[C@@H]1CCC[C@@H]1NCC1CCCOC1. The van der Waals surface area contributed by atoms with Gasteiger partial charge in [0.15, 0.2) is 0 Å². The van der Waals surface area contributed by atoms with Crippen molar-refractivity contribution < 1.29 is 9.13 Å². The van der Waals surface area contributed by atoms with Crippen LogP contribution in [0.25, 0.3) is 0 Å². The first-order chi connectivity index (χ1) is 6.86. The Bertz CT molecular complexity index is 171. The Morgan fingerprint density at radius 1 is 1.21 bits per heavy atom. The van der Waals surface area contributed by atoms with Crippen molar-refractivity contribution in [2.75, 3.05) is 19.8 Å². The van der Waals surface area contributed by atoms with E-state index in [1.54, 1.807) is 0 Å². The summed E-state index contributed by atoms with van der Waals surface area (Å²) in [5.74, 6) is 0.608. The lowest BCUT2D eigenvalue weighted by Crippen LogP contribution is -2.38. The van der Waals surface area contributed by atoms with E-state index in [0.29, 0.717) is 5.92 Å². The summed E-state index contributed by atoms with van der Waals surface area (Å²) in [6.07, 6.45) is 4.58. The Hall–Kier alpha value is -0.150. The Morgan fingerprint density at radius 2 is 2.14 bits per heavy atom. The maximum atomic E-state index is 13.2. The van der Waals surface area contributed by atoms with Gasteiger partial charge in [-0.1, -0.05) is 0 Å². The third-order valence-corrected chi connectivity index (χ3v) is 3.35. The third-order valence-electron chi connectivity index (χ3n) is 3.35. The van der Waals surface area contributed by atoms with Crippen molar-refractivity contribution >= 4 is 0 Å². The molecule has 1 aliphatic carbocycles. The van der Waals surface area contributed by atoms with Gasteiger partial charge in [-0.05, 0) is 38.0 Å². The van der Waals surface area contributed by atoms with Gasteiger partial charge >= 0.3 is 0 Å². The first-order valence-electron chi connectivity index (χ1n) is 5.81. The van der Waals surface area contributed by atoms with Crippen LogP contribution < -0.4 is 5.32 Å². The minimum absolute atomic E-state index is 0.122. The second-order valence-corrected chi connectivity index (χ2v) is 4.54. The minimum Gasteiger partial charge on any atom is -0.381 e. The summed E-state index contributed by atoms with van der Waals surface area (Å²) in [4.78, 5) is 0. The van der Waals surface area contributed by atoms with E-state index >= 15 is 0 Å². The summed E-state index contributed by atoms with van der Waals surface area (Å²) >= 11 is 0. The largest absolute Gasteiger partial charge is 0.381 e. The van der Waals surface area contributed by atoms with Crippen LogP contribution in [0, 0.1) is 5.92 Å². The first-order valence-corrected chi connectivity index (χ1v) is 5.81. The molecule has 0 amide bonds. The van der Waals surface area contributed by atoms with E-state index in [1.807, 2.05) is 0 Å². The van der Waals surface area contributed by atoms with E-state index in [1.165, 1.54) is 6.42 Å². The van der Waals surface area contributed by atoms with Crippen LogP contribution in [0.5, 0.6) is 0 Å². The average molecular weight is 201 g/mol. The number of nitrogens with one attached hydrogen (secondary N) is 1. The summed E-state index contributed by atoms with van der Waals surface area (Å²) in [5.41, 5.74) is 0. The van der Waals surface area contributed by atoms with Crippen molar-refractivity contribution in [3.63, 3.8) is 0 Å². The number of rotatable bonds is 3. The van der Waals surface area contributed by atoms with Crippen LogP contribution in [0.2, 0.25) is 0 Å². The van der Waals surface area contributed by atoms with Crippen molar-refractivity contribution in [3.8, 4) is 0 Å². The summed E-state index contributed by atoms with van der Waals surface area (Å²) in [6, 6.07) is 0.122. The molecule has 2 fully saturated rings. The normalized spacial score (nSPS) is 38.8. The molecule has 2 nitrogen and oxygen atoms in total. The zero-order valence-electron chi connectivity index (χ0n) is 8.68. The molecule has 1 saturated heterocycles. The van der Waals surface area contributed by atoms with Crippen LogP contribution in [-0.4, -0.2) is 32.0 Å². The zero-order valence-corrected chi connectivity index (χ0v) is 8.68. The molecule has 1 aliphatic heterocycles. The fourth-order valence-corrected chi connectivity index (χ4v) is 2.43. The molecule has 3 atom stereocenters. The minimum atomic E-state index is -0.612. The summed E-state index contributed by atoms with van der Waals surface area (Å²) in [6.45, 7) is 2.70. The smallest absolute Gasteiger partial charge is 0.115 e. The van der Waals surface area contributed by atoms with E-state index in [0.717, 1.165) is 45.4 Å². The predicted molar refractivity (Wildman–Crippen MR) is 54.1 cm³/mol. The topological polar surface area (TPSA) is 21.3 Å². The Kier molecular flexibility index (Phi) is 3.76. The van der Waals surface area contributed by atoms with Crippen molar-refractivity contribution in [2.45, 2.75) is 44.3 Å². The van der Waals surface area contributed by atoms with Gasteiger partial charge in [-0.2, -0.15) is 0 Å². The van der Waals surface area contributed by atoms with Gasteiger partial charge in [0.05, 0.1) is 6.61 Å². The van der Waals surface area contributed by atoms with Crippen LogP contribution in [0.1, 0.15) is 32.1 Å². The molecular formula is C11H20FNO. The van der Waals surface area contributed by atoms with Crippen molar-refractivity contribution in [1.29, 1.82) is 0 Å². The Labute approximate surface area is 85.2 Å². The molecular weight excluding hydrogens is 181 g/mol. The second-order valence-electron chi connectivity index (χ2n) is 4.54. The second kappa shape index (κ2) is 5.08. The number of hydrogen-bond acceptors (Lipinski definition) is 2. The van der Waals surface area contributed by atoms with Gasteiger partial charge < -0.3 is 10.1 Å². The highest BCUT2D eigenvalue weighted by molar-refractivity contribution is 4.83. The van der Waals surface area contributed by atoms with E-state index in [4.69, 9.17) is 4.74 Å². The molecule has 1 heterocycles. The molecule has 1 N–H and O–H groups in total. The molecule has 0 aromatic heterocycles. The molecule has 0 aromatic carbocycles. The van der Waals surface area contributed by atoms with E-state index in [9.17, 15) is 4.39 Å². The molecule has 14 heavy (non-hydrogen) atoms. The van der Waals surface area contributed by atoms with Gasteiger partial charge in [0.25, 0.3) is 0 Å². The summed E-state index contributed by atoms with van der Waals surface area (Å²) in [5, 5.41) is 3.35. The molecule has 0 radical (unpaired) electrons.